The van der Waals surface area contributed by atoms with Gasteiger partial charge < -0.3 is 35.0 Å². The Bertz CT molecular complexity index is 2950. The summed E-state index contributed by atoms with van der Waals surface area (Å²) in [4.78, 5) is 33.5. The van der Waals surface area contributed by atoms with E-state index in [9.17, 15) is 32.8 Å². The number of nitrogens with zero attached hydrogens (tertiary/aromatic N) is 5. The number of thioether (sulfide) groups is 1. The van der Waals surface area contributed by atoms with Gasteiger partial charge in [-0.3, -0.25) is 19.6 Å². The highest BCUT2D eigenvalue weighted by Crippen LogP contribution is 2.40. The highest BCUT2D eigenvalue weighted by atomic mass is 32.2. The van der Waals surface area contributed by atoms with E-state index in [0.29, 0.717) is 63.5 Å². The van der Waals surface area contributed by atoms with Gasteiger partial charge in [-0.15, -0.1) is 11.8 Å². The quantitative estimate of drug-likeness (QED) is 0.0180. The van der Waals surface area contributed by atoms with Crippen LogP contribution in [0.2, 0.25) is 0 Å². The lowest BCUT2D eigenvalue weighted by molar-refractivity contribution is -0.384. The van der Waals surface area contributed by atoms with Crippen LogP contribution in [0.4, 0.5) is 21.5 Å². The molecule has 0 radical (unpaired) electrons. The third-order valence-electron chi connectivity index (χ3n) is 12.3. The number of amides is 1. The van der Waals surface area contributed by atoms with E-state index < -0.39 is 20.8 Å². The number of sulfonamides is 1. The number of nitro benzene ring substituents is 1. The van der Waals surface area contributed by atoms with E-state index in [1.165, 1.54) is 24.3 Å². The molecule has 1 aromatic heterocycles. The molecule has 0 bridgehead atoms. The second kappa shape index (κ2) is 24.5. The SMILES string of the molecule is Cc1c(C(=O)NCCCN2CCN(C)CC2)c(-c2cccc(C#Cc3ccc(NS(=O)(=O)c4ccc(NC(CCN(C)C)CSc5ccccc5)c([N+](=O)[O-])c4)cc3)c2)c(-c2ccc(F)cc2)n1CCO. The van der Waals surface area contributed by atoms with Crippen LogP contribution in [0.5, 0.6) is 0 Å². The summed E-state index contributed by atoms with van der Waals surface area (Å²) in [5, 5.41) is 29.0. The molecule has 0 saturated carbocycles. The first-order valence-corrected chi connectivity index (χ1v) is 26.1. The van der Waals surface area contributed by atoms with Crippen LogP contribution in [0, 0.1) is 34.7 Å². The fourth-order valence-electron chi connectivity index (χ4n) is 8.48. The summed E-state index contributed by atoms with van der Waals surface area (Å²) >= 11 is 1.64. The van der Waals surface area contributed by atoms with Gasteiger partial charge in [-0.05, 0) is 150 Å². The maximum Gasteiger partial charge on any atom is 0.293 e. The third kappa shape index (κ3) is 14.1. The minimum absolute atomic E-state index is 0.138. The molecule has 1 aliphatic heterocycles. The van der Waals surface area contributed by atoms with E-state index in [-0.39, 0.29) is 47.1 Å². The number of aromatic nitrogens is 1. The molecule has 0 spiro atoms. The van der Waals surface area contributed by atoms with Crippen LogP contribution in [0.1, 0.15) is 40.0 Å². The van der Waals surface area contributed by atoms with Crippen LogP contribution in [-0.4, -0.2) is 129 Å². The Labute approximate surface area is 420 Å². The standard InChI is InChI=1S/C54H61FN8O6S2/c1-39-51(54(65)56-27-9-28-61-32-30-60(4)31-33-61)52(53(62(39)34-35-64)42-18-20-44(55)21-19-42)43-11-8-10-41(36-43)15-14-40-16-22-45(23-17-40)58-71(68,69)48-24-25-49(50(37-48)63(66)67)57-46(26-29-59(2)3)38-70-47-12-6-5-7-13-47/h5-8,10-13,16-25,36-37,46,57-58,64H,9,26-35,38H2,1-4H3,(H,56,65). The van der Waals surface area contributed by atoms with E-state index in [4.69, 9.17) is 0 Å². The van der Waals surface area contributed by atoms with Crippen LogP contribution >= 0.6 is 11.8 Å². The zero-order valence-corrected chi connectivity index (χ0v) is 42.2. The highest BCUT2D eigenvalue weighted by Gasteiger charge is 2.28. The average Bonchev–Trinajstić information content (AvgIpc) is 3.65. The first-order chi connectivity index (χ1) is 34.2. The molecular formula is C54H61FN8O6S2. The van der Waals surface area contributed by atoms with Crippen molar-refractivity contribution < 1.29 is 27.6 Å². The molecule has 1 unspecified atom stereocenters. The molecule has 1 atom stereocenters. The number of carbonyl (C=O) groups is 1. The van der Waals surface area contributed by atoms with Gasteiger partial charge in [-0.2, -0.15) is 0 Å². The van der Waals surface area contributed by atoms with Crippen LogP contribution in [0.25, 0.3) is 22.4 Å². The zero-order valence-electron chi connectivity index (χ0n) is 40.5. The largest absolute Gasteiger partial charge is 0.395 e. The maximum atomic E-state index is 14.2. The molecule has 7 rings (SSSR count). The zero-order chi connectivity index (χ0) is 50.5. The van der Waals surface area contributed by atoms with Gasteiger partial charge in [0.25, 0.3) is 21.6 Å². The molecule has 1 saturated heterocycles. The summed E-state index contributed by atoms with van der Waals surface area (Å²) in [5.74, 6) is 6.35. The van der Waals surface area contributed by atoms with Crippen molar-refractivity contribution in [1.29, 1.82) is 0 Å². The Hall–Kier alpha value is -6.52. The van der Waals surface area contributed by atoms with Crippen molar-refractivity contribution in [3.63, 3.8) is 0 Å². The number of nitro groups is 1. The van der Waals surface area contributed by atoms with Crippen molar-refractivity contribution in [3.05, 3.63) is 160 Å². The van der Waals surface area contributed by atoms with Crippen LogP contribution in [0.15, 0.2) is 131 Å². The van der Waals surface area contributed by atoms with Crippen molar-refractivity contribution >= 4 is 44.8 Å². The molecule has 6 aromatic rings. The molecule has 1 amide bonds. The van der Waals surface area contributed by atoms with Crippen LogP contribution < -0.4 is 15.4 Å². The molecule has 1 fully saturated rings. The average molecular weight is 1000 g/mol. The van der Waals surface area contributed by atoms with E-state index in [1.807, 2.05) is 85.1 Å². The normalized spacial score (nSPS) is 13.6. The number of carbonyl (C=O) groups excluding carboxylic acids is 1. The van der Waals surface area contributed by atoms with Crippen molar-refractivity contribution in [2.24, 2.45) is 0 Å². The summed E-state index contributed by atoms with van der Waals surface area (Å²) in [6.07, 6.45) is 1.49. The number of anilines is 2. The van der Waals surface area contributed by atoms with Gasteiger partial charge in [-0.1, -0.05) is 42.2 Å². The number of aliphatic hydroxyl groups excluding tert-OH is 1. The lowest BCUT2D eigenvalue weighted by atomic mass is 9.95. The van der Waals surface area contributed by atoms with E-state index in [1.54, 1.807) is 48.2 Å². The summed E-state index contributed by atoms with van der Waals surface area (Å²) in [5.41, 5.74) is 5.17. The number of likely N-dealkylation sites (N-methyl/N-ethyl adjacent to an activating group) is 1. The first-order valence-electron chi connectivity index (χ1n) is 23.6. The van der Waals surface area contributed by atoms with E-state index in [2.05, 4.69) is 44.0 Å². The molecule has 71 heavy (non-hydrogen) atoms. The number of nitrogens with one attached hydrogen (secondary N) is 3. The van der Waals surface area contributed by atoms with Crippen molar-refractivity contribution in [1.82, 2.24) is 24.6 Å². The van der Waals surface area contributed by atoms with Crippen molar-refractivity contribution in [2.45, 2.75) is 42.1 Å². The van der Waals surface area contributed by atoms with Gasteiger partial charge in [0, 0.05) is 90.1 Å². The Morgan fingerprint density at radius 3 is 2.30 bits per heavy atom. The van der Waals surface area contributed by atoms with Crippen molar-refractivity contribution in [3.8, 4) is 34.2 Å². The topological polar surface area (TPSA) is 165 Å². The monoisotopic (exact) mass is 1000 g/mol. The number of halogens is 1. The summed E-state index contributed by atoms with van der Waals surface area (Å²) < 4.78 is 45.9. The minimum Gasteiger partial charge on any atom is -0.395 e. The highest BCUT2D eigenvalue weighted by molar-refractivity contribution is 7.99. The second-order valence-corrected chi connectivity index (χ2v) is 20.6. The van der Waals surface area contributed by atoms with Gasteiger partial charge in [0.1, 0.15) is 11.5 Å². The molecule has 4 N–H and O–H groups in total. The Balaban J connectivity index is 1.08. The number of aliphatic hydroxyl groups is 1. The Kier molecular flexibility index (Phi) is 18.1. The van der Waals surface area contributed by atoms with Gasteiger partial charge in [0.15, 0.2) is 0 Å². The molecule has 17 heteroatoms. The number of hydrogen-bond donors (Lipinski definition) is 4. The van der Waals surface area contributed by atoms with Gasteiger partial charge >= 0.3 is 0 Å². The lowest BCUT2D eigenvalue weighted by Gasteiger charge is -2.32. The van der Waals surface area contributed by atoms with Crippen LogP contribution in [0.3, 0.4) is 0 Å². The Morgan fingerprint density at radius 2 is 1.61 bits per heavy atom. The number of rotatable bonds is 21. The molecule has 2 heterocycles. The predicted molar refractivity (Wildman–Crippen MR) is 282 cm³/mol. The Morgan fingerprint density at radius 1 is 0.887 bits per heavy atom. The molecule has 14 nitrogen and oxygen atoms in total. The molecule has 1 aliphatic rings. The first kappa shape index (κ1) is 52.3. The minimum atomic E-state index is -4.23. The molecule has 0 aliphatic carbocycles. The summed E-state index contributed by atoms with van der Waals surface area (Å²) in [6.45, 7) is 8.00. The van der Waals surface area contributed by atoms with Gasteiger partial charge in [0.2, 0.25) is 0 Å². The van der Waals surface area contributed by atoms with Gasteiger partial charge in [-0.25, -0.2) is 12.8 Å². The molecule has 5 aromatic carbocycles. The van der Waals surface area contributed by atoms with E-state index in [0.717, 1.165) is 56.7 Å². The number of benzene rings is 5. The summed E-state index contributed by atoms with van der Waals surface area (Å²) in [7, 11) is 1.82. The molecule has 372 valence electrons. The maximum absolute atomic E-state index is 14.2. The predicted octanol–water partition coefficient (Wildman–Crippen LogP) is 8.26. The number of piperazine rings is 1. The van der Waals surface area contributed by atoms with Gasteiger partial charge in [0.05, 0.1) is 27.7 Å². The van der Waals surface area contributed by atoms with E-state index >= 15 is 0 Å². The fourth-order valence-corrected chi connectivity index (χ4v) is 10.5. The fraction of sp³-hybridized carbons (Fsp3) is 0.315. The third-order valence-corrected chi connectivity index (χ3v) is 14.9. The lowest BCUT2D eigenvalue weighted by Crippen LogP contribution is -2.45. The molecular weight excluding hydrogens is 940 g/mol. The second-order valence-electron chi connectivity index (χ2n) is 17.8. The van der Waals surface area contributed by atoms with Crippen molar-refractivity contribution in [2.75, 3.05) is 89.4 Å². The summed E-state index contributed by atoms with van der Waals surface area (Å²) in [6, 6.07) is 33.7. The smallest absolute Gasteiger partial charge is 0.293 e. The van der Waals surface area contributed by atoms with Crippen LogP contribution in [-0.2, 0) is 16.6 Å². The number of hydrogen-bond acceptors (Lipinski definition) is 11.